The van der Waals surface area contributed by atoms with Gasteiger partial charge in [0.05, 0.1) is 0 Å². The second-order valence-corrected chi connectivity index (χ2v) is 3.41. The van der Waals surface area contributed by atoms with Crippen LogP contribution in [0.1, 0.15) is 6.42 Å². The first kappa shape index (κ1) is 7.00. The summed E-state index contributed by atoms with van der Waals surface area (Å²) < 4.78 is 0. The highest BCUT2D eigenvalue weighted by Crippen LogP contribution is 2.12. The van der Waals surface area contributed by atoms with Gasteiger partial charge in [-0.05, 0) is 13.0 Å². The van der Waals surface area contributed by atoms with Crippen molar-refractivity contribution in [2.24, 2.45) is 0 Å². The lowest BCUT2D eigenvalue weighted by atomic mass is 10.3. The number of aromatic nitrogens is 2. The van der Waals surface area contributed by atoms with Gasteiger partial charge in [0, 0.05) is 12.6 Å². The Morgan fingerprint density at radius 1 is 1.73 bits per heavy atom. The number of anilines is 1. The van der Waals surface area contributed by atoms with E-state index in [-0.39, 0.29) is 0 Å². The van der Waals surface area contributed by atoms with Gasteiger partial charge in [0.2, 0.25) is 5.13 Å². The first-order valence-electron chi connectivity index (χ1n) is 3.68. The van der Waals surface area contributed by atoms with E-state index in [1.165, 1.54) is 6.42 Å². The summed E-state index contributed by atoms with van der Waals surface area (Å²) in [6.45, 7) is 2.15. The summed E-state index contributed by atoms with van der Waals surface area (Å²) >= 11 is 1.55. The molecule has 60 valence electrons. The fourth-order valence-electron chi connectivity index (χ4n) is 1.19. The molecule has 0 aromatic carbocycles. The van der Waals surface area contributed by atoms with Gasteiger partial charge in [-0.1, -0.05) is 11.3 Å². The van der Waals surface area contributed by atoms with E-state index in [9.17, 15) is 0 Å². The van der Waals surface area contributed by atoms with Crippen LogP contribution in [-0.4, -0.2) is 29.3 Å². The van der Waals surface area contributed by atoms with E-state index in [4.69, 9.17) is 0 Å². The molecule has 1 aliphatic heterocycles. The molecule has 1 atom stereocenters. The van der Waals surface area contributed by atoms with Crippen molar-refractivity contribution < 1.29 is 0 Å². The third-order valence-corrected chi connectivity index (χ3v) is 2.37. The zero-order valence-corrected chi connectivity index (χ0v) is 6.90. The van der Waals surface area contributed by atoms with Gasteiger partial charge in [0.1, 0.15) is 5.51 Å². The first-order valence-corrected chi connectivity index (χ1v) is 4.56. The normalized spacial score (nSPS) is 23.8. The molecular weight excluding hydrogens is 160 g/mol. The van der Waals surface area contributed by atoms with Crippen LogP contribution in [0.2, 0.25) is 0 Å². The average Bonchev–Trinajstić information content (AvgIpc) is 2.60. The molecule has 5 heteroatoms. The highest BCUT2D eigenvalue weighted by atomic mass is 32.1. The molecule has 11 heavy (non-hydrogen) atoms. The van der Waals surface area contributed by atoms with Crippen molar-refractivity contribution in [3.05, 3.63) is 5.51 Å². The maximum Gasteiger partial charge on any atom is 0.205 e. The monoisotopic (exact) mass is 170 g/mol. The van der Waals surface area contributed by atoms with Gasteiger partial charge in [0.15, 0.2) is 0 Å². The fourth-order valence-corrected chi connectivity index (χ4v) is 1.71. The summed E-state index contributed by atoms with van der Waals surface area (Å²) in [6.07, 6.45) is 1.18. The van der Waals surface area contributed by atoms with E-state index in [1.54, 1.807) is 16.8 Å². The smallest absolute Gasteiger partial charge is 0.205 e. The van der Waals surface area contributed by atoms with Crippen LogP contribution in [0, 0.1) is 0 Å². The van der Waals surface area contributed by atoms with E-state index >= 15 is 0 Å². The number of nitrogens with one attached hydrogen (secondary N) is 2. The molecule has 1 aromatic rings. The summed E-state index contributed by atoms with van der Waals surface area (Å²) in [7, 11) is 0. The molecule has 0 aliphatic carbocycles. The van der Waals surface area contributed by atoms with Crippen molar-refractivity contribution in [1.82, 2.24) is 15.5 Å². The van der Waals surface area contributed by atoms with Gasteiger partial charge in [-0.15, -0.1) is 10.2 Å². The molecule has 4 nitrogen and oxygen atoms in total. The molecule has 1 fully saturated rings. The highest BCUT2D eigenvalue weighted by molar-refractivity contribution is 7.13. The summed E-state index contributed by atoms with van der Waals surface area (Å²) in [4.78, 5) is 0. The van der Waals surface area contributed by atoms with Crippen molar-refractivity contribution in [2.45, 2.75) is 12.5 Å². The van der Waals surface area contributed by atoms with Crippen molar-refractivity contribution >= 4 is 16.5 Å². The van der Waals surface area contributed by atoms with Crippen LogP contribution in [0.15, 0.2) is 5.51 Å². The van der Waals surface area contributed by atoms with Gasteiger partial charge >= 0.3 is 0 Å². The quantitative estimate of drug-likeness (QED) is 0.671. The molecule has 0 radical (unpaired) electrons. The first-order chi connectivity index (χ1) is 5.45. The Morgan fingerprint density at radius 3 is 3.36 bits per heavy atom. The molecule has 1 aromatic heterocycles. The minimum Gasteiger partial charge on any atom is -0.356 e. The molecular formula is C6H10N4S. The average molecular weight is 170 g/mol. The molecule has 2 rings (SSSR count). The number of hydrogen-bond acceptors (Lipinski definition) is 5. The molecule has 0 unspecified atom stereocenters. The number of nitrogens with zero attached hydrogens (tertiary/aromatic N) is 2. The predicted octanol–water partition coefficient (Wildman–Crippen LogP) is 0.312. The van der Waals surface area contributed by atoms with Crippen molar-refractivity contribution in [1.29, 1.82) is 0 Å². The number of hydrogen-bond donors (Lipinski definition) is 2. The number of rotatable bonds is 2. The molecule has 0 amide bonds. The Balaban J connectivity index is 1.90. The standard InChI is InChI=1S/C6H10N4S/c1-2-7-3-5(1)9-6-10-8-4-11-6/h4-5,7H,1-3H2,(H,9,10)/t5-/m0/s1. The zero-order chi connectivity index (χ0) is 7.52. The Kier molecular flexibility index (Phi) is 2.00. The van der Waals surface area contributed by atoms with Crippen LogP contribution >= 0.6 is 11.3 Å². The van der Waals surface area contributed by atoms with Gasteiger partial charge in [-0.2, -0.15) is 0 Å². The minimum absolute atomic E-state index is 0.544. The Hall–Kier alpha value is -0.680. The third-order valence-electron chi connectivity index (χ3n) is 1.75. The summed E-state index contributed by atoms with van der Waals surface area (Å²) in [5, 5.41) is 15.2. The summed E-state index contributed by atoms with van der Waals surface area (Å²) in [6, 6.07) is 0.544. The van der Waals surface area contributed by atoms with Crippen molar-refractivity contribution in [3.8, 4) is 0 Å². The summed E-state index contributed by atoms with van der Waals surface area (Å²) in [5.74, 6) is 0. The molecule has 1 aliphatic rings. The Morgan fingerprint density at radius 2 is 2.73 bits per heavy atom. The molecule has 2 N–H and O–H groups in total. The van der Waals surface area contributed by atoms with Crippen LogP contribution < -0.4 is 10.6 Å². The Labute approximate surface area is 69.0 Å². The van der Waals surface area contributed by atoms with Crippen LogP contribution in [0.3, 0.4) is 0 Å². The van der Waals surface area contributed by atoms with E-state index in [2.05, 4.69) is 20.8 Å². The predicted molar refractivity (Wildman–Crippen MR) is 44.8 cm³/mol. The van der Waals surface area contributed by atoms with Crippen LogP contribution in [-0.2, 0) is 0 Å². The van der Waals surface area contributed by atoms with Crippen molar-refractivity contribution in [3.63, 3.8) is 0 Å². The van der Waals surface area contributed by atoms with Crippen LogP contribution in [0.25, 0.3) is 0 Å². The lowest BCUT2D eigenvalue weighted by molar-refractivity contribution is 0.789. The van der Waals surface area contributed by atoms with Gasteiger partial charge in [0.25, 0.3) is 0 Å². The largest absolute Gasteiger partial charge is 0.356 e. The van der Waals surface area contributed by atoms with Gasteiger partial charge in [-0.3, -0.25) is 0 Å². The maximum absolute atomic E-state index is 3.91. The lowest BCUT2D eigenvalue weighted by Gasteiger charge is -2.07. The zero-order valence-electron chi connectivity index (χ0n) is 6.08. The SMILES string of the molecule is c1nnc(N[C@H]2CCNC2)s1. The van der Waals surface area contributed by atoms with Crippen LogP contribution in [0.4, 0.5) is 5.13 Å². The minimum atomic E-state index is 0.544. The van der Waals surface area contributed by atoms with Crippen LogP contribution in [0.5, 0.6) is 0 Å². The topological polar surface area (TPSA) is 49.8 Å². The molecule has 0 spiro atoms. The molecule has 1 saturated heterocycles. The maximum atomic E-state index is 3.91. The van der Waals surface area contributed by atoms with E-state index in [0.29, 0.717) is 6.04 Å². The van der Waals surface area contributed by atoms with E-state index in [1.807, 2.05) is 0 Å². The van der Waals surface area contributed by atoms with E-state index in [0.717, 1.165) is 18.2 Å². The second kappa shape index (κ2) is 3.15. The van der Waals surface area contributed by atoms with Crippen molar-refractivity contribution in [2.75, 3.05) is 18.4 Å². The lowest BCUT2D eigenvalue weighted by Crippen LogP contribution is -2.21. The highest BCUT2D eigenvalue weighted by Gasteiger charge is 2.14. The Bertz CT molecular complexity index is 204. The fraction of sp³-hybridized carbons (Fsp3) is 0.667. The second-order valence-electron chi connectivity index (χ2n) is 2.58. The van der Waals surface area contributed by atoms with Gasteiger partial charge < -0.3 is 10.6 Å². The molecule has 2 heterocycles. The molecule has 0 bridgehead atoms. The van der Waals surface area contributed by atoms with E-state index < -0.39 is 0 Å². The summed E-state index contributed by atoms with van der Waals surface area (Å²) in [5.41, 5.74) is 1.74. The molecule has 0 saturated carbocycles. The van der Waals surface area contributed by atoms with Gasteiger partial charge in [-0.25, -0.2) is 0 Å². The third kappa shape index (κ3) is 1.66.